The van der Waals surface area contributed by atoms with Crippen molar-refractivity contribution in [3.05, 3.63) is 123 Å². The van der Waals surface area contributed by atoms with Gasteiger partial charge in [0.25, 0.3) is 0 Å². The van der Waals surface area contributed by atoms with E-state index in [4.69, 9.17) is 9.15 Å². The molecular weight excluding hydrogens is 552 g/mol. The zero-order chi connectivity index (χ0) is 29.5. The highest BCUT2D eigenvalue weighted by molar-refractivity contribution is 7.92. The molecule has 42 heavy (non-hydrogen) atoms. The van der Waals surface area contributed by atoms with Crippen molar-refractivity contribution in [2.75, 3.05) is 19.7 Å². The standard InChI is InChI=1S/C33H34N2O6S/c1-25-14-15-31-30(19-25)33(37)28(24-41-31)21-34(20-27-11-6-3-7-12-27)32(36)23-35(22-29-13-8-17-40-29)42(38,39)18-16-26-9-4-2-5-10-26/h2-7,9-12,14-16,18-19,24,29H,8,13,17,20-23H2,1H3/b18-16+. The van der Waals surface area contributed by atoms with Crippen LogP contribution in [0.3, 0.4) is 0 Å². The molecule has 1 unspecified atom stereocenters. The Kier molecular flexibility index (Phi) is 9.31. The van der Waals surface area contributed by atoms with Crippen LogP contribution in [0.2, 0.25) is 0 Å². The van der Waals surface area contributed by atoms with Gasteiger partial charge in [-0.15, -0.1) is 0 Å². The Morgan fingerprint density at radius 2 is 1.74 bits per heavy atom. The van der Waals surface area contributed by atoms with E-state index in [0.29, 0.717) is 29.6 Å². The number of hydrogen-bond donors (Lipinski definition) is 0. The maximum atomic E-state index is 13.9. The van der Waals surface area contributed by atoms with Gasteiger partial charge >= 0.3 is 0 Å². The van der Waals surface area contributed by atoms with Crippen LogP contribution in [0.4, 0.5) is 0 Å². The molecule has 1 atom stereocenters. The summed E-state index contributed by atoms with van der Waals surface area (Å²) in [5.41, 5.74) is 3.06. The molecule has 218 valence electrons. The fourth-order valence-electron chi connectivity index (χ4n) is 4.98. The van der Waals surface area contributed by atoms with Crippen LogP contribution in [0.15, 0.2) is 99.7 Å². The Morgan fingerprint density at radius 1 is 1.00 bits per heavy atom. The molecule has 0 N–H and O–H groups in total. The molecule has 3 aromatic carbocycles. The average molecular weight is 587 g/mol. The molecule has 2 heterocycles. The Bertz CT molecular complexity index is 1710. The lowest BCUT2D eigenvalue weighted by Crippen LogP contribution is -2.44. The molecule has 1 aliphatic rings. The summed E-state index contributed by atoms with van der Waals surface area (Å²) in [6.07, 6.45) is 4.16. The van der Waals surface area contributed by atoms with Crippen LogP contribution < -0.4 is 5.43 Å². The first-order valence-corrected chi connectivity index (χ1v) is 15.5. The van der Waals surface area contributed by atoms with Gasteiger partial charge in [-0.3, -0.25) is 9.59 Å². The fourth-order valence-corrected chi connectivity index (χ4v) is 6.14. The first-order valence-electron chi connectivity index (χ1n) is 14.0. The predicted molar refractivity (Wildman–Crippen MR) is 163 cm³/mol. The molecule has 1 amide bonds. The summed E-state index contributed by atoms with van der Waals surface area (Å²) in [6.45, 7) is 2.28. The number of sulfonamides is 1. The summed E-state index contributed by atoms with van der Waals surface area (Å²) in [5.74, 6) is -0.433. The summed E-state index contributed by atoms with van der Waals surface area (Å²) in [6, 6.07) is 23.9. The minimum absolute atomic E-state index is 0.0341. The maximum absolute atomic E-state index is 13.9. The fraction of sp³-hybridized carbons (Fsp3) is 0.273. The molecule has 4 aromatic rings. The molecule has 5 rings (SSSR count). The number of fused-ring (bicyclic) bond motifs is 1. The highest BCUT2D eigenvalue weighted by Crippen LogP contribution is 2.19. The SMILES string of the molecule is Cc1ccc2occ(CN(Cc3ccccc3)C(=O)CN(CC3CCCO3)S(=O)(=O)/C=C/c3ccccc3)c(=O)c2c1. The minimum Gasteiger partial charge on any atom is -0.464 e. The van der Waals surface area contributed by atoms with Crippen LogP contribution >= 0.6 is 0 Å². The smallest absolute Gasteiger partial charge is 0.238 e. The summed E-state index contributed by atoms with van der Waals surface area (Å²) in [7, 11) is -3.98. The normalized spacial score (nSPS) is 15.5. The van der Waals surface area contributed by atoms with Crippen molar-refractivity contribution in [1.82, 2.24) is 9.21 Å². The molecule has 0 spiro atoms. The molecule has 1 aliphatic heterocycles. The van der Waals surface area contributed by atoms with E-state index < -0.39 is 22.5 Å². The third-order valence-corrected chi connectivity index (χ3v) is 8.74. The Balaban J connectivity index is 1.44. The van der Waals surface area contributed by atoms with Crippen LogP contribution in [0.5, 0.6) is 0 Å². The molecule has 1 aromatic heterocycles. The highest BCUT2D eigenvalue weighted by Gasteiger charge is 2.30. The lowest BCUT2D eigenvalue weighted by atomic mass is 10.1. The first kappa shape index (κ1) is 29.4. The van der Waals surface area contributed by atoms with E-state index in [1.54, 1.807) is 24.3 Å². The summed E-state index contributed by atoms with van der Waals surface area (Å²) in [5, 5.41) is 1.57. The van der Waals surface area contributed by atoms with E-state index in [2.05, 4.69) is 0 Å². The number of amides is 1. The van der Waals surface area contributed by atoms with Crippen LogP contribution in [0.1, 0.15) is 35.1 Å². The number of nitrogens with zero attached hydrogens (tertiary/aromatic N) is 2. The third-order valence-electron chi connectivity index (χ3n) is 7.26. The van der Waals surface area contributed by atoms with Crippen LogP contribution in [-0.4, -0.2) is 49.3 Å². The van der Waals surface area contributed by atoms with Crippen LogP contribution in [0, 0.1) is 6.92 Å². The highest BCUT2D eigenvalue weighted by atomic mass is 32.2. The van der Waals surface area contributed by atoms with Gasteiger partial charge in [-0.25, -0.2) is 8.42 Å². The maximum Gasteiger partial charge on any atom is 0.238 e. The first-order chi connectivity index (χ1) is 20.3. The lowest BCUT2D eigenvalue weighted by Gasteiger charge is -2.28. The van der Waals surface area contributed by atoms with Crippen molar-refractivity contribution in [1.29, 1.82) is 0 Å². The molecule has 8 nitrogen and oxygen atoms in total. The molecule has 1 fully saturated rings. The van der Waals surface area contributed by atoms with Crippen LogP contribution in [0.25, 0.3) is 17.0 Å². The van der Waals surface area contributed by atoms with Gasteiger partial charge in [-0.1, -0.05) is 72.3 Å². The Morgan fingerprint density at radius 3 is 2.45 bits per heavy atom. The number of hydrogen-bond acceptors (Lipinski definition) is 6. The second-order valence-electron chi connectivity index (χ2n) is 10.5. The molecule has 0 bridgehead atoms. The van der Waals surface area contributed by atoms with E-state index in [1.165, 1.54) is 21.5 Å². The number of rotatable bonds is 11. The Labute approximate surface area is 245 Å². The number of carbonyl (C=O) groups excluding carboxylic acids is 1. The second kappa shape index (κ2) is 13.3. The van der Waals surface area contributed by atoms with Crippen molar-refractivity contribution in [2.45, 2.75) is 39.0 Å². The molecular formula is C33H34N2O6S. The van der Waals surface area contributed by atoms with Gasteiger partial charge in [0.05, 0.1) is 36.4 Å². The van der Waals surface area contributed by atoms with E-state index in [-0.39, 0.29) is 31.2 Å². The largest absolute Gasteiger partial charge is 0.464 e. The predicted octanol–water partition coefficient (Wildman–Crippen LogP) is 5.11. The monoisotopic (exact) mass is 586 g/mol. The third kappa shape index (κ3) is 7.42. The van der Waals surface area contributed by atoms with Gasteiger partial charge in [0.2, 0.25) is 15.9 Å². The van der Waals surface area contributed by atoms with Gasteiger partial charge in [0.15, 0.2) is 5.43 Å². The van der Waals surface area contributed by atoms with Crippen LogP contribution in [-0.2, 0) is 32.6 Å². The lowest BCUT2D eigenvalue weighted by molar-refractivity contribution is -0.132. The average Bonchev–Trinajstić information content (AvgIpc) is 3.51. The zero-order valence-corrected chi connectivity index (χ0v) is 24.3. The van der Waals surface area contributed by atoms with E-state index in [0.717, 1.165) is 28.5 Å². The van der Waals surface area contributed by atoms with E-state index >= 15 is 0 Å². The number of aryl methyl sites for hydroxylation is 1. The summed E-state index contributed by atoms with van der Waals surface area (Å²) < 4.78 is 39.7. The second-order valence-corrected chi connectivity index (χ2v) is 12.3. The number of benzene rings is 3. The molecule has 1 saturated heterocycles. The van der Waals surface area contributed by atoms with Gasteiger partial charge < -0.3 is 14.1 Å². The van der Waals surface area contributed by atoms with Gasteiger partial charge in [-0.05, 0) is 49.1 Å². The zero-order valence-electron chi connectivity index (χ0n) is 23.5. The number of carbonyl (C=O) groups is 1. The molecule has 9 heteroatoms. The quantitative estimate of drug-likeness (QED) is 0.242. The van der Waals surface area contributed by atoms with Gasteiger partial charge in [0, 0.05) is 25.1 Å². The van der Waals surface area contributed by atoms with Crippen molar-refractivity contribution in [3.8, 4) is 0 Å². The van der Waals surface area contributed by atoms with E-state index in [9.17, 15) is 18.0 Å². The van der Waals surface area contributed by atoms with Crippen molar-refractivity contribution in [3.63, 3.8) is 0 Å². The summed E-state index contributed by atoms with van der Waals surface area (Å²) in [4.78, 5) is 28.8. The van der Waals surface area contributed by atoms with Crippen molar-refractivity contribution < 1.29 is 22.4 Å². The topological polar surface area (TPSA) is 97.1 Å². The van der Waals surface area contributed by atoms with Gasteiger partial charge in [-0.2, -0.15) is 4.31 Å². The molecule has 0 radical (unpaired) electrons. The van der Waals surface area contributed by atoms with Crippen molar-refractivity contribution in [2.24, 2.45) is 0 Å². The summed E-state index contributed by atoms with van der Waals surface area (Å²) >= 11 is 0. The van der Waals surface area contributed by atoms with Crippen molar-refractivity contribution >= 4 is 33.0 Å². The van der Waals surface area contributed by atoms with E-state index in [1.807, 2.05) is 61.5 Å². The minimum atomic E-state index is -3.98. The number of ether oxygens (including phenoxy) is 1. The Hall–Kier alpha value is -4.05. The van der Waals surface area contributed by atoms with Gasteiger partial charge in [0.1, 0.15) is 5.58 Å². The molecule has 0 aliphatic carbocycles. The molecule has 0 saturated carbocycles.